The van der Waals surface area contributed by atoms with Crippen LogP contribution in [0.3, 0.4) is 0 Å². The molecule has 2 rings (SSSR count). The van der Waals surface area contributed by atoms with E-state index in [1.54, 1.807) is 6.07 Å². The van der Waals surface area contributed by atoms with Crippen molar-refractivity contribution in [3.8, 4) is 0 Å². The Hall–Kier alpha value is -0.450. The first-order valence-electron chi connectivity index (χ1n) is 6.44. The molecule has 18 heavy (non-hydrogen) atoms. The molecule has 1 saturated carbocycles. The molecule has 0 aliphatic heterocycles. The average molecular weight is 315 g/mol. The van der Waals surface area contributed by atoms with E-state index in [1.807, 2.05) is 13.1 Å². The first-order valence-corrected chi connectivity index (χ1v) is 7.24. The third kappa shape index (κ3) is 3.77. The van der Waals surface area contributed by atoms with Gasteiger partial charge in [-0.15, -0.1) is 0 Å². The van der Waals surface area contributed by atoms with Crippen LogP contribution in [0.1, 0.15) is 18.4 Å². The third-order valence-electron chi connectivity index (χ3n) is 3.59. The molecule has 2 nitrogen and oxygen atoms in total. The molecule has 0 spiro atoms. The summed E-state index contributed by atoms with van der Waals surface area (Å²) in [6.07, 6.45) is 3.33. The maximum atomic E-state index is 13.5. The van der Waals surface area contributed by atoms with Gasteiger partial charge >= 0.3 is 0 Å². The highest BCUT2D eigenvalue weighted by molar-refractivity contribution is 9.10. The van der Waals surface area contributed by atoms with Gasteiger partial charge in [-0.25, -0.2) is 4.39 Å². The fourth-order valence-corrected chi connectivity index (χ4v) is 2.69. The number of nitrogens with one attached hydrogen (secondary N) is 2. The Balaban J connectivity index is 1.74. The summed E-state index contributed by atoms with van der Waals surface area (Å²) >= 11 is 3.37. The first-order chi connectivity index (χ1) is 8.65. The van der Waals surface area contributed by atoms with Crippen LogP contribution in [-0.2, 0) is 6.42 Å². The van der Waals surface area contributed by atoms with Crippen LogP contribution in [0, 0.1) is 11.2 Å². The number of rotatable bonds is 7. The lowest BCUT2D eigenvalue weighted by molar-refractivity contribution is 0.440. The molecular formula is C14H20BrFN2. The van der Waals surface area contributed by atoms with Crippen LogP contribution in [0.15, 0.2) is 22.7 Å². The quantitative estimate of drug-likeness (QED) is 0.756. The van der Waals surface area contributed by atoms with Gasteiger partial charge in [0, 0.05) is 17.6 Å². The molecular weight excluding hydrogens is 295 g/mol. The van der Waals surface area contributed by atoms with E-state index in [9.17, 15) is 4.39 Å². The standard InChI is InChI=1S/C14H20BrFN2/c1-17-9-14(5-6-14)10-18-7-4-11-8-12(15)2-3-13(11)16/h2-3,8,17-18H,4-7,9-10H2,1H3. The fourth-order valence-electron chi connectivity index (χ4n) is 2.28. The summed E-state index contributed by atoms with van der Waals surface area (Å²) < 4.78 is 14.4. The number of hydrogen-bond donors (Lipinski definition) is 2. The summed E-state index contributed by atoms with van der Waals surface area (Å²) in [6.45, 7) is 2.94. The van der Waals surface area contributed by atoms with E-state index in [1.165, 1.54) is 18.9 Å². The average Bonchev–Trinajstić information content (AvgIpc) is 3.10. The summed E-state index contributed by atoms with van der Waals surface area (Å²) in [5, 5.41) is 6.69. The molecule has 0 atom stereocenters. The van der Waals surface area contributed by atoms with E-state index < -0.39 is 0 Å². The highest BCUT2D eigenvalue weighted by atomic mass is 79.9. The Morgan fingerprint density at radius 1 is 1.33 bits per heavy atom. The Kier molecular flexibility index (Phi) is 4.76. The van der Waals surface area contributed by atoms with E-state index in [0.717, 1.165) is 36.1 Å². The summed E-state index contributed by atoms with van der Waals surface area (Å²) in [4.78, 5) is 0. The predicted octanol–water partition coefficient (Wildman–Crippen LogP) is 2.72. The minimum atomic E-state index is -0.114. The summed E-state index contributed by atoms with van der Waals surface area (Å²) in [6, 6.07) is 5.11. The highest BCUT2D eigenvalue weighted by Crippen LogP contribution is 2.44. The molecule has 1 aromatic carbocycles. The molecule has 4 heteroatoms. The van der Waals surface area contributed by atoms with Crippen molar-refractivity contribution in [2.45, 2.75) is 19.3 Å². The van der Waals surface area contributed by atoms with E-state index in [-0.39, 0.29) is 5.82 Å². The fraction of sp³-hybridized carbons (Fsp3) is 0.571. The Bertz CT molecular complexity index is 405. The third-order valence-corrected chi connectivity index (χ3v) is 4.08. The molecule has 0 unspecified atom stereocenters. The summed E-state index contributed by atoms with van der Waals surface area (Å²) in [5.41, 5.74) is 1.24. The monoisotopic (exact) mass is 314 g/mol. The van der Waals surface area contributed by atoms with E-state index in [0.29, 0.717) is 5.41 Å². The largest absolute Gasteiger partial charge is 0.319 e. The molecule has 0 saturated heterocycles. The van der Waals surface area contributed by atoms with Crippen molar-refractivity contribution in [1.29, 1.82) is 0 Å². The van der Waals surface area contributed by atoms with Crippen molar-refractivity contribution in [3.05, 3.63) is 34.1 Å². The predicted molar refractivity (Wildman–Crippen MR) is 76.3 cm³/mol. The van der Waals surface area contributed by atoms with Crippen molar-refractivity contribution < 1.29 is 4.39 Å². The zero-order valence-electron chi connectivity index (χ0n) is 10.7. The van der Waals surface area contributed by atoms with Crippen LogP contribution < -0.4 is 10.6 Å². The molecule has 0 bridgehead atoms. The molecule has 1 aromatic rings. The van der Waals surface area contributed by atoms with Crippen molar-refractivity contribution in [2.75, 3.05) is 26.7 Å². The Labute approximate surface area is 116 Å². The summed E-state index contributed by atoms with van der Waals surface area (Å²) in [5.74, 6) is -0.114. The minimum Gasteiger partial charge on any atom is -0.319 e. The van der Waals surface area contributed by atoms with Crippen molar-refractivity contribution in [1.82, 2.24) is 10.6 Å². The topological polar surface area (TPSA) is 24.1 Å². The SMILES string of the molecule is CNCC1(CNCCc2cc(Br)ccc2F)CC1. The zero-order chi connectivity index (χ0) is 13.0. The smallest absolute Gasteiger partial charge is 0.126 e. The first kappa shape index (κ1) is 14.0. The van der Waals surface area contributed by atoms with Gasteiger partial charge in [-0.05, 0) is 62.0 Å². The Morgan fingerprint density at radius 3 is 2.78 bits per heavy atom. The summed E-state index contributed by atoms with van der Waals surface area (Å²) in [7, 11) is 2.00. The van der Waals surface area contributed by atoms with Crippen LogP contribution in [0.2, 0.25) is 0 Å². The van der Waals surface area contributed by atoms with Gasteiger partial charge in [0.25, 0.3) is 0 Å². The van der Waals surface area contributed by atoms with E-state index in [4.69, 9.17) is 0 Å². The van der Waals surface area contributed by atoms with Crippen LogP contribution in [0.5, 0.6) is 0 Å². The molecule has 1 aliphatic rings. The van der Waals surface area contributed by atoms with Crippen molar-refractivity contribution in [3.63, 3.8) is 0 Å². The van der Waals surface area contributed by atoms with Gasteiger partial charge in [0.05, 0.1) is 0 Å². The molecule has 0 aromatic heterocycles. The van der Waals surface area contributed by atoms with Crippen molar-refractivity contribution in [2.24, 2.45) is 5.41 Å². The number of benzene rings is 1. The van der Waals surface area contributed by atoms with E-state index >= 15 is 0 Å². The van der Waals surface area contributed by atoms with Crippen molar-refractivity contribution >= 4 is 15.9 Å². The van der Waals surface area contributed by atoms with Gasteiger partial charge < -0.3 is 10.6 Å². The van der Waals surface area contributed by atoms with Gasteiger partial charge in [0.2, 0.25) is 0 Å². The second kappa shape index (κ2) is 6.13. The normalized spacial score (nSPS) is 16.8. The van der Waals surface area contributed by atoms with Gasteiger partial charge in [-0.3, -0.25) is 0 Å². The highest BCUT2D eigenvalue weighted by Gasteiger charge is 2.41. The molecule has 100 valence electrons. The maximum absolute atomic E-state index is 13.5. The lowest BCUT2D eigenvalue weighted by atomic mass is 10.1. The second-order valence-corrected chi connectivity index (χ2v) is 6.11. The van der Waals surface area contributed by atoms with Gasteiger partial charge in [-0.1, -0.05) is 15.9 Å². The molecule has 0 heterocycles. The minimum absolute atomic E-state index is 0.114. The number of halogens is 2. The molecule has 0 radical (unpaired) electrons. The van der Waals surface area contributed by atoms with Gasteiger partial charge in [-0.2, -0.15) is 0 Å². The van der Waals surface area contributed by atoms with Gasteiger partial charge in [0.15, 0.2) is 0 Å². The number of hydrogen-bond acceptors (Lipinski definition) is 2. The molecule has 0 amide bonds. The van der Waals surface area contributed by atoms with Crippen LogP contribution >= 0.6 is 15.9 Å². The molecule has 1 fully saturated rings. The molecule has 1 aliphatic carbocycles. The van der Waals surface area contributed by atoms with E-state index in [2.05, 4.69) is 26.6 Å². The lowest BCUT2D eigenvalue weighted by Crippen LogP contribution is -2.32. The van der Waals surface area contributed by atoms with Crippen LogP contribution in [0.25, 0.3) is 0 Å². The molecule has 2 N–H and O–H groups in total. The zero-order valence-corrected chi connectivity index (χ0v) is 12.3. The lowest BCUT2D eigenvalue weighted by Gasteiger charge is -2.15. The Morgan fingerprint density at radius 2 is 2.11 bits per heavy atom. The van der Waals surface area contributed by atoms with Gasteiger partial charge in [0.1, 0.15) is 5.82 Å². The maximum Gasteiger partial charge on any atom is 0.126 e. The van der Waals surface area contributed by atoms with Crippen LogP contribution in [-0.4, -0.2) is 26.7 Å². The second-order valence-electron chi connectivity index (χ2n) is 5.19. The van der Waals surface area contributed by atoms with Crippen LogP contribution in [0.4, 0.5) is 4.39 Å².